The molecule has 2 rings (SSSR count). The number of carbonyl (C=O) groups is 2. The van der Waals surface area contributed by atoms with E-state index in [0.717, 1.165) is 5.56 Å². The summed E-state index contributed by atoms with van der Waals surface area (Å²) >= 11 is 0. The molecular formula is C19H19NO5. The third-order valence-corrected chi connectivity index (χ3v) is 3.28. The number of hydrogen-bond donors (Lipinski definition) is 2. The van der Waals surface area contributed by atoms with Crippen LogP contribution in [0.4, 0.5) is 0 Å². The number of benzene rings is 2. The van der Waals surface area contributed by atoms with Crippen LogP contribution in [0.1, 0.15) is 18.1 Å². The molecular weight excluding hydrogens is 322 g/mol. The molecule has 0 aromatic heterocycles. The summed E-state index contributed by atoms with van der Waals surface area (Å²) in [7, 11) is 1.53. The molecule has 0 aliphatic carbocycles. The molecule has 1 amide bonds. The fourth-order valence-corrected chi connectivity index (χ4v) is 2.14. The molecule has 130 valence electrons. The molecule has 2 aromatic rings. The van der Waals surface area contributed by atoms with Crippen molar-refractivity contribution in [3.05, 3.63) is 65.4 Å². The Morgan fingerprint density at radius 1 is 1.12 bits per heavy atom. The number of amides is 1. The largest absolute Gasteiger partial charge is 0.493 e. The van der Waals surface area contributed by atoms with Crippen LogP contribution in [-0.4, -0.2) is 24.1 Å². The van der Waals surface area contributed by atoms with Crippen LogP contribution in [0.2, 0.25) is 0 Å². The first-order chi connectivity index (χ1) is 12.0. The molecule has 0 fully saturated rings. The Bertz CT molecular complexity index is 784. The molecule has 0 radical (unpaired) electrons. The van der Waals surface area contributed by atoms with E-state index >= 15 is 0 Å². The van der Waals surface area contributed by atoms with Gasteiger partial charge in [-0.1, -0.05) is 36.4 Å². The van der Waals surface area contributed by atoms with Gasteiger partial charge in [-0.05, 0) is 29.3 Å². The molecule has 6 nitrogen and oxygen atoms in total. The van der Waals surface area contributed by atoms with Crippen LogP contribution in [0.5, 0.6) is 11.5 Å². The Hall–Kier alpha value is -3.28. The third-order valence-electron chi connectivity index (χ3n) is 3.28. The summed E-state index contributed by atoms with van der Waals surface area (Å²) < 4.78 is 11.1. The number of aliphatic carboxylic acids is 1. The van der Waals surface area contributed by atoms with Gasteiger partial charge in [-0.2, -0.15) is 0 Å². The summed E-state index contributed by atoms with van der Waals surface area (Å²) in [4.78, 5) is 22.3. The Balaban J connectivity index is 2.26. The van der Waals surface area contributed by atoms with Crippen LogP contribution in [0.3, 0.4) is 0 Å². The highest BCUT2D eigenvalue weighted by molar-refractivity contribution is 5.96. The van der Waals surface area contributed by atoms with Gasteiger partial charge in [0.2, 0.25) is 5.91 Å². The zero-order chi connectivity index (χ0) is 18.2. The fourth-order valence-electron chi connectivity index (χ4n) is 2.14. The zero-order valence-corrected chi connectivity index (χ0v) is 14.0. The monoisotopic (exact) mass is 341 g/mol. The van der Waals surface area contributed by atoms with Crippen LogP contribution in [0.25, 0.3) is 6.08 Å². The van der Waals surface area contributed by atoms with Crippen molar-refractivity contribution in [3.63, 3.8) is 0 Å². The first-order valence-electron chi connectivity index (χ1n) is 7.57. The molecule has 0 bridgehead atoms. The second-order valence-electron chi connectivity index (χ2n) is 5.23. The Morgan fingerprint density at radius 3 is 2.44 bits per heavy atom. The molecule has 0 saturated carbocycles. The normalized spacial score (nSPS) is 10.9. The van der Waals surface area contributed by atoms with Gasteiger partial charge in [0.15, 0.2) is 11.5 Å². The lowest BCUT2D eigenvalue weighted by molar-refractivity contribution is -0.134. The Labute approximate surface area is 145 Å². The molecule has 0 spiro atoms. The topological polar surface area (TPSA) is 84.9 Å². The molecule has 2 N–H and O–H groups in total. The maximum atomic E-state index is 11.2. The summed E-state index contributed by atoms with van der Waals surface area (Å²) in [5, 5.41) is 11.5. The van der Waals surface area contributed by atoms with Gasteiger partial charge >= 0.3 is 5.97 Å². The standard InChI is InChI=1S/C19H19NO5/c1-13(21)20-16(19(22)23)10-15-8-9-17(24-2)18(11-15)25-12-14-6-4-3-5-7-14/h3-11H,12H2,1-2H3,(H,20,21)(H,22,23)/b16-10+. The van der Waals surface area contributed by atoms with Gasteiger partial charge in [0.25, 0.3) is 0 Å². The lowest BCUT2D eigenvalue weighted by Crippen LogP contribution is -2.24. The molecule has 0 atom stereocenters. The number of methoxy groups -OCH3 is 1. The summed E-state index contributed by atoms with van der Waals surface area (Å²) in [6.07, 6.45) is 1.36. The Kier molecular flexibility index (Phi) is 6.17. The summed E-state index contributed by atoms with van der Waals surface area (Å²) in [5.41, 5.74) is 1.34. The third kappa shape index (κ3) is 5.39. The van der Waals surface area contributed by atoms with Gasteiger partial charge in [-0.25, -0.2) is 4.79 Å². The molecule has 2 aromatic carbocycles. The maximum absolute atomic E-state index is 11.2. The van der Waals surface area contributed by atoms with Crippen LogP contribution >= 0.6 is 0 Å². The van der Waals surface area contributed by atoms with E-state index < -0.39 is 11.9 Å². The second-order valence-corrected chi connectivity index (χ2v) is 5.23. The molecule has 6 heteroatoms. The lowest BCUT2D eigenvalue weighted by Gasteiger charge is -2.12. The van der Waals surface area contributed by atoms with Crippen LogP contribution in [-0.2, 0) is 16.2 Å². The van der Waals surface area contributed by atoms with Gasteiger partial charge in [0, 0.05) is 6.92 Å². The van der Waals surface area contributed by atoms with Crippen molar-refractivity contribution in [1.82, 2.24) is 5.32 Å². The average Bonchev–Trinajstić information content (AvgIpc) is 2.60. The van der Waals surface area contributed by atoms with Gasteiger partial charge in [0.1, 0.15) is 12.3 Å². The van der Waals surface area contributed by atoms with Crippen LogP contribution < -0.4 is 14.8 Å². The molecule has 0 saturated heterocycles. The van der Waals surface area contributed by atoms with Crippen molar-refractivity contribution in [2.45, 2.75) is 13.5 Å². The quantitative estimate of drug-likeness (QED) is 0.757. The minimum absolute atomic E-state index is 0.216. The average molecular weight is 341 g/mol. The van der Waals surface area contributed by atoms with E-state index in [2.05, 4.69) is 5.32 Å². The van der Waals surface area contributed by atoms with Crippen molar-refractivity contribution in [2.24, 2.45) is 0 Å². The van der Waals surface area contributed by atoms with Crippen molar-refractivity contribution in [1.29, 1.82) is 0 Å². The van der Waals surface area contributed by atoms with Crippen LogP contribution in [0.15, 0.2) is 54.2 Å². The van der Waals surface area contributed by atoms with E-state index in [9.17, 15) is 9.59 Å². The summed E-state index contributed by atoms with van der Waals surface area (Å²) in [6, 6.07) is 14.7. The number of ether oxygens (including phenoxy) is 2. The highest BCUT2D eigenvalue weighted by atomic mass is 16.5. The van der Waals surface area contributed by atoms with Crippen molar-refractivity contribution in [3.8, 4) is 11.5 Å². The van der Waals surface area contributed by atoms with Crippen molar-refractivity contribution < 1.29 is 24.2 Å². The number of carboxylic acids is 1. The number of carboxylic acid groups (broad SMARTS) is 1. The second kappa shape index (κ2) is 8.54. The van der Waals surface area contributed by atoms with Gasteiger partial charge < -0.3 is 19.9 Å². The Morgan fingerprint density at radius 2 is 1.84 bits per heavy atom. The first kappa shape index (κ1) is 18.1. The molecule has 0 unspecified atom stereocenters. The molecule has 0 aliphatic heterocycles. The van der Waals surface area contributed by atoms with E-state index in [4.69, 9.17) is 14.6 Å². The number of hydrogen-bond acceptors (Lipinski definition) is 4. The lowest BCUT2D eigenvalue weighted by atomic mass is 10.1. The maximum Gasteiger partial charge on any atom is 0.352 e. The van der Waals surface area contributed by atoms with E-state index in [-0.39, 0.29) is 5.70 Å². The predicted molar refractivity (Wildman–Crippen MR) is 93.2 cm³/mol. The van der Waals surface area contributed by atoms with E-state index in [1.165, 1.54) is 20.1 Å². The number of rotatable bonds is 7. The van der Waals surface area contributed by atoms with E-state index in [0.29, 0.717) is 23.7 Å². The zero-order valence-electron chi connectivity index (χ0n) is 14.0. The van der Waals surface area contributed by atoms with E-state index in [1.54, 1.807) is 18.2 Å². The number of nitrogens with one attached hydrogen (secondary N) is 1. The fraction of sp³-hybridized carbons (Fsp3) is 0.158. The van der Waals surface area contributed by atoms with Gasteiger partial charge in [0.05, 0.1) is 7.11 Å². The molecule has 0 heterocycles. The smallest absolute Gasteiger partial charge is 0.352 e. The molecule has 0 aliphatic rings. The van der Waals surface area contributed by atoms with E-state index in [1.807, 2.05) is 30.3 Å². The predicted octanol–water partition coefficient (Wildman–Crippen LogP) is 2.84. The van der Waals surface area contributed by atoms with Crippen molar-refractivity contribution in [2.75, 3.05) is 7.11 Å². The van der Waals surface area contributed by atoms with Gasteiger partial charge in [-0.15, -0.1) is 0 Å². The highest BCUT2D eigenvalue weighted by Gasteiger charge is 2.11. The SMILES string of the molecule is COc1ccc(/C=C(/NC(C)=O)C(=O)O)cc1OCc1ccccc1. The minimum Gasteiger partial charge on any atom is -0.493 e. The summed E-state index contributed by atoms with van der Waals surface area (Å²) in [5.74, 6) is -0.669. The van der Waals surface area contributed by atoms with Crippen LogP contribution in [0, 0.1) is 0 Å². The molecule has 25 heavy (non-hydrogen) atoms. The minimum atomic E-state index is -1.22. The number of carbonyl (C=O) groups excluding carboxylic acids is 1. The van der Waals surface area contributed by atoms with Crippen molar-refractivity contribution >= 4 is 18.0 Å². The summed E-state index contributed by atoms with van der Waals surface area (Å²) in [6.45, 7) is 1.60. The first-order valence-corrected chi connectivity index (χ1v) is 7.57. The van der Waals surface area contributed by atoms with Gasteiger partial charge in [-0.3, -0.25) is 4.79 Å². The highest BCUT2D eigenvalue weighted by Crippen LogP contribution is 2.29.